The molecule has 1 N–H and O–H groups in total. The molecule has 2 heterocycles. The molecule has 1 saturated heterocycles. The van der Waals surface area contributed by atoms with Crippen molar-refractivity contribution in [2.75, 3.05) is 6.54 Å². The fourth-order valence-corrected chi connectivity index (χ4v) is 3.09. The second kappa shape index (κ2) is 5.89. The van der Waals surface area contributed by atoms with Gasteiger partial charge < -0.3 is 9.84 Å². The summed E-state index contributed by atoms with van der Waals surface area (Å²) in [6.07, 6.45) is 2.27. The number of nitrogens with zero attached hydrogens (tertiary/aromatic N) is 2. The number of benzene rings is 1. The zero-order valence-corrected chi connectivity index (χ0v) is 14.2. The van der Waals surface area contributed by atoms with E-state index in [0.29, 0.717) is 17.6 Å². The fourth-order valence-electron chi connectivity index (χ4n) is 2.86. The Morgan fingerprint density at radius 3 is 2.67 bits per heavy atom. The molecule has 0 aliphatic carbocycles. The average molecular weight is 350 g/mol. The fraction of sp³-hybridized carbons (Fsp3) is 0.500. The molecule has 2 atom stereocenters. The van der Waals surface area contributed by atoms with Gasteiger partial charge in [-0.3, -0.25) is 0 Å². The van der Waals surface area contributed by atoms with Crippen LogP contribution in [-0.4, -0.2) is 16.7 Å². The molecule has 112 valence electrons. The number of rotatable bonds is 2. The summed E-state index contributed by atoms with van der Waals surface area (Å²) >= 11 is 3.59. The number of hydrogen-bond donors (Lipinski definition) is 1. The average Bonchev–Trinajstić information content (AvgIpc) is 2.94. The van der Waals surface area contributed by atoms with E-state index < -0.39 is 0 Å². The molecule has 2 unspecified atom stereocenters. The van der Waals surface area contributed by atoms with E-state index in [-0.39, 0.29) is 6.04 Å². The first-order chi connectivity index (χ1) is 10.0. The van der Waals surface area contributed by atoms with Crippen LogP contribution in [0.15, 0.2) is 21.1 Å². The Bertz CT molecular complexity index is 630. The van der Waals surface area contributed by atoms with Gasteiger partial charge in [0.05, 0.1) is 6.04 Å². The third-order valence-electron chi connectivity index (χ3n) is 4.10. The highest BCUT2D eigenvalue weighted by Gasteiger charge is 2.25. The Balaban J connectivity index is 1.88. The summed E-state index contributed by atoms with van der Waals surface area (Å²) in [7, 11) is 0. The van der Waals surface area contributed by atoms with Crippen LogP contribution in [0.1, 0.15) is 42.8 Å². The monoisotopic (exact) mass is 349 g/mol. The van der Waals surface area contributed by atoms with Crippen molar-refractivity contribution in [2.24, 2.45) is 5.92 Å². The lowest BCUT2D eigenvalue weighted by atomic mass is 9.94. The summed E-state index contributed by atoms with van der Waals surface area (Å²) in [6, 6.07) is 4.36. The predicted octanol–water partition coefficient (Wildman–Crippen LogP) is 4.18. The van der Waals surface area contributed by atoms with Crippen molar-refractivity contribution in [3.8, 4) is 11.4 Å². The van der Waals surface area contributed by atoms with E-state index in [0.717, 1.165) is 23.0 Å². The minimum atomic E-state index is 0.188. The Kier molecular flexibility index (Phi) is 4.13. The van der Waals surface area contributed by atoms with Crippen LogP contribution in [0, 0.1) is 19.8 Å². The van der Waals surface area contributed by atoms with Crippen LogP contribution in [-0.2, 0) is 0 Å². The summed E-state index contributed by atoms with van der Waals surface area (Å²) in [4.78, 5) is 4.59. The lowest BCUT2D eigenvalue weighted by Gasteiger charge is -2.25. The van der Waals surface area contributed by atoms with Crippen molar-refractivity contribution in [1.29, 1.82) is 0 Å². The van der Waals surface area contributed by atoms with Crippen LogP contribution in [0.4, 0.5) is 0 Å². The number of aryl methyl sites for hydroxylation is 2. The van der Waals surface area contributed by atoms with Gasteiger partial charge in [-0.1, -0.05) is 28.0 Å². The third-order valence-corrected chi connectivity index (χ3v) is 5.35. The second-order valence-electron chi connectivity index (χ2n) is 6.02. The SMILES string of the molecule is Cc1cc(-c2noc(C3CC(C)CCN3)n2)cc(C)c1Br. The summed E-state index contributed by atoms with van der Waals surface area (Å²) in [5, 5.41) is 7.62. The van der Waals surface area contributed by atoms with Crippen molar-refractivity contribution in [2.45, 2.75) is 39.7 Å². The normalized spacial score (nSPS) is 22.5. The first-order valence-corrected chi connectivity index (χ1v) is 8.18. The molecule has 3 rings (SSSR count). The third kappa shape index (κ3) is 3.04. The number of hydrogen-bond acceptors (Lipinski definition) is 4. The zero-order chi connectivity index (χ0) is 15.0. The molecular formula is C16H20BrN3O. The molecule has 4 nitrogen and oxygen atoms in total. The smallest absolute Gasteiger partial charge is 0.244 e. The van der Waals surface area contributed by atoms with Gasteiger partial charge in [-0.25, -0.2) is 0 Å². The number of aromatic nitrogens is 2. The lowest BCUT2D eigenvalue weighted by Crippen LogP contribution is -2.30. The zero-order valence-electron chi connectivity index (χ0n) is 12.6. The van der Waals surface area contributed by atoms with Crippen molar-refractivity contribution in [3.63, 3.8) is 0 Å². The molecule has 0 radical (unpaired) electrons. The molecule has 0 amide bonds. The molecule has 21 heavy (non-hydrogen) atoms. The van der Waals surface area contributed by atoms with E-state index in [9.17, 15) is 0 Å². The van der Waals surface area contributed by atoms with Crippen LogP contribution in [0.25, 0.3) is 11.4 Å². The number of nitrogens with one attached hydrogen (secondary N) is 1. The van der Waals surface area contributed by atoms with Crippen LogP contribution in [0.2, 0.25) is 0 Å². The summed E-state index contributed by atoms with van der Waals surface area (Å²) < 4.78 is 6.62. The van der Waals surface area contributed by atoms with Gasteiger partial charge in [0, 0.05) is 10.0 Å². The van der Waals surface area contributed by atoms with Crippen molar-refractivity contribution >= 4 is 15.9 Å². The van der Waals surface area contributed by atoms with Gasteiger partial charge in [-0.2, -0.15) is 4.98 Å². The standard InChI is InChI=1S/C16H20BrN3O/c1-9-4-5-18-13(6-9)16-19-15(20-21-16)12-7-10(2)14(17)11(3)8-12/h7-9,13,18H,4-6H2,1-3H3. The van der Waals surface area contributed by atoms with Gasteiger partial charge in [0.15, 0.2) is 0 Å². The maximum atomic E-state index is 5.48. The molecule has 1 aromatic carbocycles. The van der Waals surface area contributed by atoms with Crippen LogP contribution >= 0.6 is 15.9 Å². The van der Waals surface area contributed by atoms with Crippen LogP contribution in [0.5, 0.6) is 0 Å². The minimum Gasteiger partial charge on any atom is -0.337 e. The summed E-state index contributed by atoms with van der Waals surface area (Å²) in [5.41, 5.74) is 3.37. The highest BCUT2D eigenvalue weighted by Crippen LogP contribution is 2.30. The van der Waals surface area contributed by atoms with Crippen molar-refractivity contribution in [1.82, 2.24) is 15.5 Å². The molecule has 1 aliphatic heterocycles. The van der Waals surface area contributed by atoms with E-state index >= 15 is 0 Å². The molecule has 1 fully saturated rings. The van der Waals surface area contributed by atoms with E-state index in [4.69, 9.17) is 4.52 Å². The summed E-state index contributed by atoms with van der Waals surface area (Å²) in [5.74, 6) is 2.07. The van der Waals surface area contributed by atoms with E-state index in [1.54, 1.807) is 0 Å². The summed E-state index contributed by atoms with van der Waals surface area (Å²) in [6.45, 7) is 7.44. The molecule has 0 bridgehead atoms. The molecule has 0 spiro atoms. The van der Waals surface area contributed by atoms with Crippen molar-refractivity contribution in [3.05, 3.63) is 33.6 Å². The van der Waals surface area contributed by atoms with Gasteiger partial charge in [0.25, 0.3) is 0 Å². The maximum Gasteiger partial charge on any atom is 0.244 e. The highest BCUT2D eigenvalue weighted by molar-refractivity contribution is 9.10. The second-order valence-corrected chi connectivity index (χ2v) is 6.81. The predicted molar refractivity (Wildman–Crippen MR) is 86.0 cm³/mol. The van der Waals surface area contributed by atoms with E-state index in [2.05, 4.69) is 64.3 Å². The molecule has 1 aliphatic rings. The first-order valence-electron chi connectivity index (χ1n) is 7.38. The highest BCUT2D eigenvalue weighted by atomic mass is 79.9. The Morgan fingerprint density at radius 1 is 1.29 bits per heavy atom. The van der Waals surface area contributed by atoms with Gasteiger partial charge >= 0.3 is 0 Å². The van der Waals surface area contributed by atoms with Crippen molar-refractivity contribution < 1.29 is 4.52 Å². The van der Waals surface area contributed by atoms with Crippen LogP contribution < -0.4 is 5.32 Å². The Morgan fingerprint density at radius 2 is 2.00 bits per heavy atom. The Labute approximate surface area is 133 Å². The maximum absolute atomic E-state index is 5.48. The van der Waals surface area contributed by atoms with E-state index in [1.807, 2.05) is 0 Å². The van der Waals surface area contributed by atoms with Crippen LogP contribution in [0.3, 0.4) is 0 Å². The molecular weight excluding hydrogens is 330 g/mol. The quantitative estimate of drug-likeness (QED) is 0.883. The molecule has 1 aromatic heterocycles. The lowest BCUT2D eigenvalue weighted by molar-refractivity contribution is 0.260. The largest absolute Gasteiger partial charge is 0.337 e. The Hall–Kier alpha value is -1.20. The van der Waals surface area contributed by atoms with Gasteiger partial charge in [0.2, 0.25) is 11.7 Å². The minimum absolute atomic E-state index is 0.188. The van der Waals surface area contributed by atoms with E-state index in [1.165, 1.54) is 17.5 Å². The number of piperidine rings is 1. The van der Waals surface area contributed by atoms with Gasteiger partial charge in [-0.15, -0.1) is 0 Å². The number of halogens is 1. The van der Waals surface area contributed by atoms with Gasteiger partial charge in [0.1, 0.15) is 0 Å². The topological polar surface area (TPSA) is 51.0 Å². The first kappa shape index (κ1) is 14.7. The molecule has 2 aromatic rings. The molecule has 0 saturated carbocycles. The molecule has 5 heteroatoms. The van der Waals surface area contributed by atoms with Gasteiger partial charge in [-0.05, 0) is 62.4 Å².